The number of hydrogen-bond donors (Lipinski definition) is 1. The van der Waals surface area contributed by atoms with Gasteiger partial charge in [0.25, 0.3) is 0 Å². The highest BCUT2D eigenvalue weighted by Crippen LogP contribution is 2.26. The van der Waals surface area contributed by atoms with Gasteiger partial charge in [0.05, 0.1) is 13.1 Å². The minimum absolute atomic E-state index is 0.00116. The molecule has 26 heavy (non-hydrogen) atoms. The van der Waals surface area contributed by atoms with E-state index in [1.165, 1.54) is 0 Å². The first-order valence-electron chi connectivity index (χ1n) is 8.29. The maximum absolute atomic E-state index is 12.4. The molecule has 2 rings (SSSR count). The molecule has 0 radical (unpaired) electrons. The molecule has 1 aliphatic heterocycles. The standard InChI is InChI=1S/C17H21Cl2F3N2O2/c18-14-3-2-13(15(19)7-14)10-24-9-12(6-16(25)26)8-23(11-24)5-1-4-17(20,21)22/h2-3,7,12H,1,4-6,8-11H2,(H,25,26). The first-order valence-corrected chi connectivity index (χ1v) is 9.05. The SMILES string of the molecule is O=C(O)CC1CN(CCCC(F)(F)F)CN(Cc2ccc(Cl)cc2Cl)C1. The molecule has 1 aromatic carbocycles. The smallest absolute Gasteiger partial charge is 0.389 e. The van der Waals surface area contributed by atoms with Crippen LogP contribution >= 0.6 is 23.2 Å². The molecule has 1 aliphatic rings. The third kappa shape index (κ3) is 7.31. The summed E-state index contributed by atoms with van der Waals surface area (Å²) in [6.45, 7) is 2.28. The maximum atomic E-state index is 12.4. The predicted molar refractivity (Wildman–Crippen MR) is 94.3 cm³/mol. The molecule has 1 atom stereocenters. The molecule has 0 saturated carbocycles. The third-order valence-corrected chi connectivity index (χ3v) is 4.83. The van der Waals surface area contributed by atoms with E-state index in [2.05, 4.69) is 0 Å². The van der Waals surface area contributed by atoms with E-state index in [9.17, 15) is 18.0 Å². The molecule has 1 heterocycles. The lowest BCUT2D eigenvalue weighted by molar-refractivity contribution is -0.139. The molecule has 0 amide bonds. The number of carbonyl (C=O) groups is 1. The van der Waals surface area contributed by atoms with Crippen LogP contribution in [0.3, 0.4) is 0 Å². The molecular formula is C17H21Cl2F3N2O2. The molecule has 1 unspecified atom stereocenters. The number of hydrogen-bond acceptors (Lipinski definition) is 3. The van der Waals surface area contributed by atoms with E-state index in [4.69, 9.17) is 28.3 Å². The molecule has 1 aromatic rings. The van der Waals surface area contributed by atoms with E-state index in [0.717, 1.165) is 5.56 Å². The second kappa shape index (κ2) is 9.26. The van der Waals surface area contributed by atoms with Crippen molar-refractivity contribution in [2.75, 3.05) is 26.3 Å². The van der Waals surface area contributed by atoms with Crippen LogP contribution in [0.5, 0.6) is 0 Å². The molecule has 0 spiro atoms. The summed E-state index contributed by atoms with van der Waals surface area (Å²) in [5, 5.41) is 10.1. The number of rotatable bonds is 7. The van der Waals surface area contributed by atoms with Gasteiger partial charge in [-0.3, -0.25) is 14.6 Å². The Hall–Kier alpha value is -1.02. The van der Waals surface area contributed by atoms with Crippen LogP contribution in [-0.2, 0) is 11.3 Å². The Morgan fingerprint density at radius 1 is 1.23 bits per heavy atom. The number of nitrogens with zero attached hydrogens (tertiary/aromatic N) is 2. The highest BCUT2D eigenvalue weighted by Gasteiger charge is 2.30. The zero-order valence-electron chi connectivity index (χ0n) is 14.1. The summed E-state index contributed by atoms with van der Waals surface area (Å²) in [4.78, 5) is 15.0. The number of carboxylic acid groups (broad SMARTS) is 1. The summed E-state index contributed by atoms with van der Waals surface area (Å²) < 4.78 is 37.1. The van der Waals surface area contributed by atoms with Gasteiger partial charge in [-0.15, -0.1) is 0 Å². The molecule has 0 aliphatic carbocycles. The second-order valence-electron chi connectivity index (χ2n) is 6.65. The van der Waals surface area contributed by atoms with Crippen molar-refractivity contribution >= 4 is 29.2 Å². The number of carboxylic acids is 1. The molecule has 1 N–H and O–H groups in total. The van der Waals surface area contributed by atoms with Gasteiger partial charge in [0.2, 0.25) is 0 Å². The molecule has 1 saturated heterocycles. The molecule has 1 fully saturated rings. The first kappa shape index (κ1) is 21.3. The van der Waals surface area contributed by atoms with E-state index < -0.39 is 18.6 Å². The quantitative estimate of drug-likeness (QED) is 0.715. The molecule has 0 aromatic heterocycles. The van der Waals surface area contributed by atoms with Gasteiger partial charge in [0.1, 0.15) is 0 Å². The summed E-state index contributed by atoms with van der Waals surface area (Å²) in [6, 6.07) is 5.17. The van der Waals surface area contributed by atoms with Crippen LogP contribution < -0.4 is 0 Å². The average molecular weight is 413 g/mol. The number of aliphatic carboxylic acids is 1. The lowest BCUT2D eigenvalue weighted by Gasteiger charge is -2.40. The topological polar surface area (TPSA) is 43.8 Å². The Bertz CT molecular complexity index is 629. The van der Waals surface area contributed by atoms with Crippen molar-refractivity contribution in [3.63, 3.8) is 0 Å². The van der Waals surface area contributed by atoms with Gasteiger partial charge in [-0.25, -0.2) is 0 Å². The zero-order valence-corrected chi connectivity index (χ0v) is 15.6. The van der Waals surface area contributed by atoms with Gasteiger partial charge in [-0.05, 0) is 36.6 Å². The van der Waals surface area contributed by atoms with Crippen molar-refractivity contribution < 1.29 is 23.1 Å². The fourth-order valence-electron chi connectivity index (χ4n) is 3.23. The van der Waals surface area contributed by atoms with Gasteiger partial charge in [0.15, 0.2) is 0 Å². The lowest BCUT2D eigenvalue weighted by Crippen LogP contribution is -2.50. The highest BCUT2D eigenvalue weighted by atomic mass is 35.5. The normalized spacial score (nSPS) is 19.7. The van der Waals surface area contributed by atoms with E-state index >= 15 is 0 Å². The van der Waals surface area contributed by atoms with Gasteiger partial charge in [-0.2, -0.15) is 13.2 Å². The number of benzene rings is 1. The van der Waals surface area contributed by atoms with Crippen molar-refractivity contribution in [3.05, 3.63) is 33.8 Å². The van der Waals surface area contributed by atoms with Crippen LogP contribution in [0.25, 0.3) is 0 Å². The van der Waals surface area contributed by atoms with Crippen molar-refractivity contribution in [1.29, 1.82) is 0 Å². The van der Waals surface area contributed by atoms with Gasteiger partial charge < -0.3 is 5.11 Å². The van der Waals surface area contributed by atoms with Crippen LogP contribution in [0.1, 0.15) is 24.8 Å². The third-order valence-electron chi connectivity index (χ3n) is 4.24. The molecule has 9 heteroatoms. The van der Waals surface area contributed by atoms with Gasteiger partial charge in [-0.1, -0.05) is 29.3 Å². The van der Waals surface area contributed by atoms with E-state index in [0.29, 0.717) is 36.3 Å². The first-order chi connectivity index (χ1) is 12.1. The molecule has 4 nitrogen and oxygen atoms in total. The molecule has 146 valence electrons. The van der Waals surface area contributed by atoms with E-state index in [-0.39, 0.29) is 25.3 Å². The van der Waals surface area contributed by atoms with Gasteiger partial charge >= 0.3 is 12.1 Å². The van der Waals surface area contributed by atoms with E-state index in [1.54, 1.807) is 18.2 Å². The predicted octanol–water partition coefficient (Wildman–Crippen LogP) is 4.50. The van der Waals surface area contributed by atoms with Crippen LogP contribution in [-0.4, -0.2) is 53.4 Å². The Balaban J connectivity index is 2.00. The van der Waals surface area contributed by atoms with Crippen molar-refractivity contribution in [2.24, 2.45) is 5.92 Å². The number of alkyl halides is 3. The summed E-state index contributed by atoms with van der Waals surface area (Å²) in [5.74, 6) is -1.05. The number of halogens is 5. The Morgan fingerprint density at radius 3 is 2.54 bits per heavy atom. The summed E-state index contributed by atoms with van der Waals surface area (Å²) in [6.07, 6.45) is -5.03. The van der Waals surface area contributed by atoms with Crippen LogP contribution in [0.2, 0.25) is 10.0 Å². The summed E-state index contributed by atoms with van der Waals surface area (Å²) in [5.41, 5.74) is 0.849. The van der Waals surface area contributed by atoms with Crippen molar-refractivity contribution in [3.8, 4) is 0 Å². The molecule has 0 bridgehead atoms. The highest BCUT2D eigenvalue weighted by molar-refractivity contribution is 6.35. The largest absolute Gasteiger partial charge is 0.481 e. The minimum Gasteiger partial charge on any atom is -0.481 e. The Morgan fingerprint density at radius 2 is 1.92 bits per heavy atom. The van der Waals surface area contributed by atoms with Gasteiger partial charge in [0, 0.05) is 36.1 Å². The van der Waals surface area contributed by atoms with Crippen LogP contribution in [0, 0.1) is 5.92 Å². The van der Waals surface area contributed by atoms with Crippen LogP contribution in [0.4, 0.5) is 13.2 Å². The summed E-state index contributed by atoms with van der Waals surface area (Å²) in [7, 11) is 0. The molecular weight excluding hydrogens is 392 g/mol. The maximum Gasteiger partial charge on any atom is 0.389 e. The van der Waals surface area contributed by atoms with Crippen molar-refractivity contribution in [1.82, 2.24) is 9.80 Å². The minimum atomic E-state index is -4.17. The van der Waals surface area contributed by atoms with E-state index in [1.807, 2.05) is 9.80 Å². The average Bonchev–Trinajstić information content (AvgIpc) is 2.48. The lowest BCUT2D eigenvalue weighted by atomic mass is 10.0. The summed E-state index contributed by atoms with van der Waals surface area (Å²) >= 11 is 12.1. The second-order valence-corrected chi connectivity index (χ2v) is 7.49. The fourth-order valence-corrected chi connectivity index (χ4v) is 3.70. The van der Waals surface area contributed by atoms with Crippen LogP contribution in [0.15, 0.2) is 18.2 Å². The van der Waals surface area contributed by atoms with Crippen molar-refractivity contribution in [2.45, 2.75) is 32.0 Å². The Kier molecular flexibility index (Phi) is 7.58. The fraction of sp³-hybridized carbons (Fsp3) is 0.588. The Labute approximate surface area is 160 Å². The monoisotopic (exact) mass is 412 g/mol. The zero-order chi connectivity index (χ0) is 19.3.